The first-order valence-corrected chi connectivity index (χ1v) is 5.93. The maximum absolute atomic E-state index is 4.15. The molecule has 0 N–H and O–H groups in total. The van der Waals surface area contributed by atoms with Crippen LogP contribution in [-0.2, 0) is 0 Å². The van der Waals surface area contributed by atoms with Crippen molar-refractivity contribution < 1.29 is 0 Å². The Hall–Kier alpha value is -1.41. The molecule has 0 aliphatic carbocycles. The molecule has 0 spiro atoms. The first kappa shape index (κ1) is 11.1. The van der Waals surface area contributed by atoms with Gasteiger partial charge in [-0.1, -0.05) is 40.2 Å². The topological polar surface area (TPSA) is 12.9 Å². The normalized spacial score (nSPS) is 11.5. The predicted molar refractivity (Wildman–Crippen MR) is 71.1 cm³/mol. The van der Waals surface area contributed by atoms with Crippen molar-refractivity contribution in [1.82, 2.24) is 4.98 Å². The molecular formula is C14H12BrN. The summed E-state index contributed by atoms with van der Waals surface area (Å²) in [6.07, 6.45) is 5.79. The van der Waals surface area contributed by atoms with Gasteiger partial charge in [0.2, 0.25) is 0 Å². The van der Waals surface area contributed by atoms with Crippen molar-refractivity contribution in [2.24, 2.45) is 0 Å². The Kier molecular flexibility index (Phi) is 3.52. The van der Waals surface area contributed by atoms with Gasteiger partial charge in [-0.05, 0) is 36.3 Å². The molecule has 0 radical (unpaired) electrons. The van der Waals surface area contributed by atoms with Crippen molar-refractivity contribution in [3.8, 4) is 0 Å². The Labute approximate surface area is 104 Å². The predicted octanol–water partition coefficient (Wildman–Crippen LogP) is 4.30. The monoisotopic (exact) mass is 273 g/mol. The van der Waals surface area contributed by atoms with Crippen LogP contribution in [0.15, 0.2) is 59.3 Å². The average molecular weight is 274 g/mol. The van der Waals surface area contributed by atoms with E-state index in [2.05, 4.69) is 57.3 Å². The van der Waals surface area contributed by atoms with Gasteiger partial charge >= 0.3 is 0 Å². The molecule has 0 saturated carbocycles. The summed E-state index contributed by atoms with van der Waals surface area (Å²) in [5, 5.41) is 0. The number of hydrogen-bond acceptors (Lipinski definition) is 1. The lowest BCUT2D eigenvalue weighted by molar-refractivity contribution is 1.30. The highest BCUT2D eigenvalue weighted by molar-refractivity contribution is 9.10. The van der Waals surface area contributed by atoms with E-state index in [0.29, 0.717) is 0 Å². The van der Waals surface area contributed by atoms with Gasteiger partial charge in [-0.2, -0.15) is 0 Å². The number of allylic oxidation sites excluding steroid dienone is 1. The quantitative estimate of drug-likeness (QED) is 0.795. The summed E-state index contributed by atoms with van der Waals surface area (Å²) in [5.41, 5.74) is 3.56. The third-order valence-corrected chi connectivity index (χ3v) is 2.95. The van der Waals surface area contributed by atoms with E-state index in [-0.39, 0.29) is 0 Å². The van der Waals surface area contributed by atoms with Gasteiger partial charge in [-0.25, -0.2) is 0 Å². The molecule has 1 aromatic carbocycles. The number of hydrogen-bond donors (Lipinski definition) is 0. The summed E-state index contributed by atoms with van der Waals surface area (Å²) in [6, 6.07) is 12.3. The van der Waals surface area contributed by atoms with E-state index in [1.54, 1.807) is 6.20 Å². The smallest absolute Gasteiger partial charge is 0.0346 e. The fourth-order valence-electron chi connectivity index (χ4n) is 1.65. The van der Waals surface area contributed by atoms with Crippen LogP contribution >= 0.6 is 15.9 Å². The summed E-state index contributed by atoms with van der Waals surface area (Å²) < 4.78 is 1.10. The molecule has 80 valence electrons. The highest BCUT2D eigenvalue weighted by atomic mass is 79.9. The number of nitrogens with zero attached hydrogens (tertiary/aromatic N) is 1. The van der Waals surface area contributed by atoms with Crippen LogP contribution in [0.4, 0.5) is 0 Å². The highest BCUT2D eigenvalue weighted by Crippen LogP contribution is 2.23. The SMILES string of the molecule is CC=C(c1ccc(Br)cc1)c1cccnc1. The second-order valence-electron chi connectivity index (χ2n) is 3.45. The highest BCUT2D eigenvalue weighted by Gasteiger charge is 2.03. The minimum Gasteiger partial charge on any atom is -0.264 e. The fraction of sp³-hybridized carbons (Fsp3) is 0.0714. The maximum Gasteiger partial charge on any atom is 0.0346 e. The van der Waals surface area contributed by atoms with Gasteiger partial charge in [0.25, 0.3) is 0 Å². The molecule has 0 fully saturated rings. The van der Waals surface area contributed by atoms with E-state index in [4.69, 9.17) is 0 Å². The van der Waals surface area contributed by atoms with Crippen molar-refractivity contribution in [3.63, 3.8) is 0 Å². The first-order chi connectivity index (χ1) is 7.81. The van der Waals surface area contributed by atoms with Crippen molar-refractivity contribution >= 4 is 21.5 Å². The van der Waals surface area contributed by atoms with E-state index in [1.807, 2.05) is 19.2 Å². The Bertz CT molecular complexity index is 486. The second kappa shape index (κ2) is 5.08. The maximum atomic E-state index is 4.15. The molecular weight excluding hydrogens is 262 g/mol. The summed E-state index contributed by atoms with van der Waals surface area (Å²) >= 11 is 3.44. The van der Waals surface area contributed by atoms with Crippen molar-refractivity contribution in [2.75, 3.05) is 0 Å². The third kappa shape index (κ3) is 2.39. The van der Waals surface area contributed by atoms with Gasteiger partial charge < -0.3 is 0 Å². The summed E-state index contributed by atoms with van der Waals surface area (Å²) in [7, 11) is 0. The van der Waals surface area contributed by atoms with Crippen LogP contribution < -0.4 is 0 Å². The molecule has 1 aromatic heterocycles. The molecule has 2 heteroatoms. The fourth-order valence-corrected chi connectivity index (χ4v) is 1.92. The zero-order valence-corrected chi connectivity index (χ0v) is 10.6. The summed E-state index contributed by atoms with van der Waals surface area (Å²) in [6.45, 7) is 2.05. The van der Waals surface area contributed by atoms with E-state index in [1.165, 1.54) is 11.1 Å². The van der Waals surface area contributed by atoms with Crippen LogP contribution in [-0.4, -0.2) is 4.98 Å². The van der Waals surface area contributed by atoms with E-state index in [0.717, 1.165) is 10.0 Å². The molecule has 0 unspecified atom stereocenters. The zero-order valence-electron chi connectivity index (χ0n) is 9.02. The largest absolute Gasteiger partial charge is 0.264 e. The standard InChI is InChI=1S/C14H12BrN/c1-2-14(12-4-3-9-16-10-12)11-5-7-13(15)8-6-11/h2-10H,1H3. The van der Waals surface area contributed by atoms with E-state index < -0.39 is 0 Å². The lowest BCUT2D eigenvalue weighted by Gasteiger charge is -2.07. The summed E-state index contributed by atoms with van der Waals surface area (Å²) in [5.74, 6) is 0. The van der Waals surface area contributed by atoms with Gasteiger partial charge in [0.15, 0.2) is 0 Å². The van der Waals surface area contributed by atoms with Crippen LogP contribution in [0.3, 0.4) is 0 Å². The van der Waals surface area contributed by atoms with E-state index >= 15 is 0 Å². The Morgan fingerprint density at radius 3 is 2.44 bits per heavy atom. The molecule has 0 amide bonds. The van der Waals surface area contributed by atoms with Crippen LogP contribution in [0.1, 0.15) is 18.1 Å². The minimum absolute atomic E-state index is 1.10. The molecule has 2 aromatic rings. The molecule has 1 heterocycles. The van der Waals surface area contributed by atoms with Crippen LogP contribution in [0.5, 0.6) is 0 Å². The lowest BCUT2D eigenvalue weighted by Crippen LogP contribution is -1.88. The zero-order chi connectivity index (χ0) is 11.4. The minimum atomic E-state index is 1.10. The lowest BCUT2D eigenvalue weighted by atomic mass is 9.99. The molecule has 1 nitrogen and oxygen atoms in total. The second-order valence-corrected chi connectivity index (χ2v) is 4.37. The number of benzene rings is 1. The third-order valence-electron chi connectivity index (χ3n) is 2.42. The number of aromatic nitrogens is 1. The Balaban J connectivity index is 2.42. The summed E-state index contributed by atoms with van der Waals surface area (Å²) in [4.78, 5) is 4.15. The Morgan fingerprint density at radius 2 is 1.88 bits per heavy atom. The number of halogens is 1. The van der Waals surface area contributed by atoms with Gasteiger partial charge in [-0.3, -0.25) is 4.98 Å². The average Bonchev–Trinajstić information content (AvgIpc) is 2.34. The molecule has 0 saturated heterocycles. The first-order valence-electron chi connectivity index (χ1n) is 5.14. The van der Waals surface area contributed by atoms with Gasteiger partial charge in [0, 0.05) is 22.4 Å². The molecule has 0 atom stereocenters. The van der Waals surface area contributed by atoms with Crippen molar-refractivity contribution in [2.45, 2.75) is 6.92 Å². The molecule has 0 aliphatic heterocycles. The molecule has 0 bridgehead atoms. The van der Waals surface area contributed by atoms with Crippen molar-refractivity contribution in [3.05, 3.63) is 70.5 Å². The van der Waals surface area contributed by atoms with Gasteiger partial charge in [0.05, 0.1) is 0 Å². The molecule has 16 heavy (non-hydrogen) atoms. The Morgan fingerprint density at radius 1 is 1.12 bits per heavy atom. The van der Waals surface area contributed by atoms with E-state index in [9.17, 15) is 0 Å². The number of rotatable bonds is 2. The van der Waals surface area contributed by atoms with Crippen LogP contribution in [0.2, 0.25) is 0 Å². The van der Waals surface area contributed by atoms with Gasteiger partial charge in [0.1, 0.15) is 0 Å². The van der Waals surface area contributed by atoms with Crippen molar-refractivity contribution in [1.29, 1.82) is 0 Å². The van der Waals surface area contributed by atoms with Crippen LogP contribution in [0, 0.1) is 0 Å². The molecule has 2 rings (SSSR count). The molecule has 0 aliphatic rings. The number of pyridine rings is 1. The van der Waals surface area contributed by atoms with Crippen LogP contribution in [0.25, 0.3) is 5.57 Å². The van der Waals surface area contributed by atoms with Gasteiger partial charge in [-0.15, -0.1) is 0 Å².